The molecule has 104 valence electrons. The Morgan fingerprint density at radius 2 is 2.11 bits per heavy atom. The summed E-state index contributed by atoms with van der Waals surface area (Å²) in [5.74, 6) is 0.423. The van der Waals surface area contributed by atoms with Gasteiger partial charge in [-0.25, -0.2) is 0 Å². The fourth-order valence-corrected chi connectivity index (χ4v) is 1.81. The van der Waals surface area contributed by atoms with E-state index >= 15 is 0 Å². The number of hydrogen-bond acceptors (Lipinski definition) is 4. The van der Waals surface area contributed by atoms with E-state index in [1.165, 1.54) is 6.92 Å². The first-order valence-electron chi connectivity index (χ1n) is 6.36. The van der Waals surface area contributed by atoms with E-state index in [9.17, 15) is 9.90 Å². The monoisotopic (exact) mass is 264 g/mol. The zero-order valence-electron chi connectivity index (χ0n) is 11.3. The smallest absolute Gasteiger partial charge is 0.163 e. The summed E-state index contributed by atoms with van der Waals surface area (Å²) < 4.78 is 5.54. The molecule has 0 unspecified atom stereocenters. The molecule has 0 saturated heterocycles. The Bertz CT molecular complexity index is 463. The van der Waals surface area contributed by atoms with Gasteiger partial charge >= 0.3 is 0 Å². The molecular formula is C15H20O4. The van der Waals surface area contributed by atoms with Crippen LogP contribution in [0.2, 0.25) is 0 Å². The van der Waals surface area contributed by atoms with E-state index in [0.717, 1.165) is 6.42 Å². The Kier molecular flexibility index (Phi) is 6.09. The van der Waals surface area contributed by atoms with Crippen LogP contribution in [0, 0.1) is 0 Å². The van der Waals surface area contributed by atoms with E-state index in [2.05, 4.69) is 0 Å². The maximum absolute atomic E-state index is 11.4. The Balaban J connectivity index is 3.00. The highest BCUT2D eigenvalue weighted by atomic mass is 16.5. The lowest BCUT2D eigenvalue weighted by atomic mass is 10.0. The summed E-state index contributed by atoms with van der Waals surface area (Å²) in [5, 5.41) is 18.7. The molecule has 0 aliphatic carbocycles. The quantitative estimate of drug-likeness (QED) is 0.586. The number of ketones is 1. The van der Waals surface area contributed by atoms with E-state index in [0.29, 0.717) is 29.9 Å². The summed E-state index contributed by atoms with van der Waals surface area (Å²) in [7, 11) is 0. The van der Waals surface area contributed by atoms with Gasteiger partial charge in [0.25, 0.3) is 0 Å². The van der Waals surface area contributed by atoms with E-state index in [1.54, 1.807) is 24.3 Å². The number of ether oxygens (including phenoxy) is 1. The van der Waals surface area contributed by atoms with Crippen LogP contribution in [0.3, 0.4) is 0 Å². The van der Waals surface area contributed by atoms with Gasteiger partial charge in [-0.1, -0.05) is 19.4 Å². The van der Waals surface area contributed by atoms with E-state index in [4.69, 9.17) is 9.84 Å². The van der Waals surface area contributed by atoms with Gasteiger partial charge in [0.05, 0.1) is 12.2 Å². The maximum atomic E-state index is 11.4. The third-order valence-corrected chi connectivity index (χ3v) is 2.73. The van der Waals surface area contributed by atoms with E-state index < -0.39 is 0 Å². The normalized spacial score (nSPS) is 10.9. The van der Waals surface area contributed by atoms with Gasteiger partial charge in [-0.05, 0) is 31.6 Å². The van der Waals surface area contributed by atoms with Crippen molar-refractivity contribution in [2.75, 3.05) is 13.2 Å². The lowest BCUT2D eigenvalue weighted by Gasteiger charge is -2.13. The van der Waals surface area contributed by atoms with Crippen LogP contribution in [-0.4, -0.2) is 29.2 Å². The Morgan fingerprint density at radius 3 is 2.68 bits per heavy atom. The number of aliphatic hydroxyl groups is 1. The SMILES string of the molecule is CCCc1c(OC/C=C/CO)ccc(C(C)=O)c1O. The molecule has 0 saturated carbocycles. The largest absolute Gasteiger partial charge is 0.507 e. The highest BCUT2D eigenvalue weighted by Crippen LogP contribution is 2.32. The fourth-order valence-electron chi connectivity index (χ4n) is 1.81. The second-order valence-corrected chi connectivity index (χ2v) is 4.21. The minimum absolute atomic E-state index is 0.0120. The number of carbonyl (C=O) groups is 1. The fraction of sp³-hybridized carbons (Fsp3) is 0.400. The number of aromatic hydroxyl groups is 1. The number of phenols is 1. The van der Waals surface area contributed by atoms with Crippen molar-refractivity contribution in [3.05, 3.63) is 35.4 Å². The highest BCUT2D eigenvalue weighted by molar-refractivity contribution is 5.97. The molecule has 0 aromatic heterocycles. The first kappa shape index (κ1) is 15.2. The molecule has 4 heteroatoms. The van der Waals surface area contributed by atoms with Crippen LogP contribution in [0.25, 0.3) is 0 Å². The molecule has 0 spiro atoms. The standard InChI is InChI=1S/C15H20O4/c1-3-6-13-14(19-10-5-4-9-16)8-7-12(11(2)17)15(13)18/h4-5,7-8,16,18H,3,6,9-10H2,1-2H3/b5-4+. The van der Waals surface area contributed by atoms with Crippen molar-refractivity contribution in [2.45, 2.75) is 26.7 Å². The minimum atomic E-state index is -0.165. The maximum Gasteiger partial charge on any atom is 0.163 e. The molecule has 1 aromatic carbocycles. The second kappa shape index (κ2) is 7.59. The molecular weight excluding hydrogens is 244 g/mol. The van der Waals surface area contributed by atoms with Crippen molar-refractivity contribution in [1.29, 1.82) is 0 Å². The summed E-state index contributed by atoms with van der Waals surface area (Å²) in [6.07, 6.45) is 4.78. The van der Waals surface area contributed by atoms with Crippen LogP contribution in [0.5, 0.6) is 11.5 Å². The molecule has 0 aliphatic heterocycles. The van der Waals surface area contributed by atoms with Crippen molar-refractivity contribution < 1.29 is 19.7 Å². The molecule has 0 aliphatic rings. The molecule has 19 heavy (non-hydrogen) atoms. The zero-order valence-corrected chi connectivity index (χ0v) is 11.3. The van der Waals surface area contributed by atoms with Crippen LogP contribution >= 0.6 is 0 Å². The molecule has 4 nitrogen and oxygen atoms in total. The molecule has 0 heterocycles. The number of rotatable bonds is 7. The van der Waals surface area contributed by atoms with Crippen molar-refractivity contribution in [2.24, 2.45) is 0 Å². The number of benzene rings is 1. The van der Waals surface area contributed by atoms with Gasteiger partial charge in [0, 0.05) is 5.56 Å². The van der Waals surface area contributed by atoms with Gasteiger partial charge in [0.1, 0.15) is 18.1 Å². The number of Topliss-reactive ketones (excluding diaryl/α,β-unsaturated/α-hetero) is 1. The number of phenolic OH excluding ortho intramolecular Hbond substituents is 1. The second-order valence-electron chi connectivity index (χ2n) is 4.21. The lowest BCUT2D eigenvalue weighted by Crippen LogP contribution is -2.02. The lowest BCUT2D eigenvalue weighted by molar-refractivity contribution is 0.101. The van der Waals surface area contributed by atoms with Crippen molar-refractivity contribution in [1.82, 2.24) is 0 Å². The summed E-state index contributed by atoms with van der Waals surface area (Å²) in [5.41, 5.74) is 0.981. The topological polar surface area (TPSA) is 66.8 Å². The Hall–Kier alpha value is -1.81. The summed E-state index contributed by atoms with van der Waals surface area (Å²) >= 11 is 0. The van der Waals surface area contributed by atoms with Crippen LogP contribution in [0.1, 0.15) is 36.2 Å². The van der Waals surface area contributed by atoms with Gasteiger partial charge < -0.3 is 14.9 Å². The van der Waals surface area contributed by atoms with Crippen LogP contribution in [0.4, 0.5) is 0 Å². The predicted molar refractivity (Wildman–Crippen MR) is 73.8 cm³/mol. The van der Waals surface area contributed by atoms with Crippen molar-refractivity contribution in [3.8, 4) is 11.5 Å². The molecule has 1 aromatic rings. The molecule has 1 rings (SSSR count). The highest BCUT2D eigenvalue weighted by Gasteiger charge is 2.15. The van der Waals surface area contributed by atoms with Gasteiger partial charge in [0.2, 0.25) is 0 Å². The minimum Gasteiger partial charge on any atom is -0.507 e. The van der Waals surface area contributed by atoms with Crippen LogP contribution in [-0.2, 0) is 6.42 Å². The van der Waals surface area contributed by atoms with Crippen molar-refractivity contribution in [3.63, 3.8) is 0 Å². The number of carbonyl (C=O) groups excluding carboxylic acids is 1. The molecule has 0 bridgehead atoms. The summed E-state index contributed by atoms with van der Waals surface area (Å²) in [6.45, 7) is 3.71. The molecule has 0 fully saturated rings. The molecule has 0 atom stereocenters. The number of hydrogen-bond donors (Lipinski definition) is 2. The van der Waals surface area contributed by atoms with Gasteiger partial charge in [-0.3, -0.25) is 4.79 Å². The average molecular weight is 264 g/mol. The van der Waals surface area contributed by atoms with Gasteiger partial charge in [0.15, 0.2) is 5.78 Å². The average Bonchev–Trinajstić information content (AvgIpc) is 2.38. The zero-order chi connectivity index (χ0) is 14.3. The van der Waals surface area contributed by atoms with Gasteiger partial charge in [-0.15, -0.1) is 0 Å². The first-order valence-corrected chi connectivity index (χ1v) is 6.36. The molecule has 0 radical (unpaired) electrons. The Labute approximate surface area is 113 Å². The van der Waals surface area contributed by atoms with Crippen molar-refractivity contribution >= 4 is 5.78 Å². The van der Waals surface area contributed by atoms with E-state index in [1.807, 2.05) is 6.92 Å². The third kappa shape index (κ3) is 4.10. The summed E-state index contributed by atoms with van der Waals surface area (Å²) in [4.78, 5) is 11.4. The predicted octanol–water partition coefficient (Wildman–Crippen LogP) is 2.47. The number of aliphatic hydroxyl groups excluding tert-OH is 1. The van der Waals surface area contributed by atoms with E-state index in [-0.39, 0.29) is 18.1 Å². The van der Waals surface area contributed by atoms with Crippen LogP contribution < -0.4 is 4.74 Å². The van der Waals surface area contributed by atoms with Gasteiger partial charge in [-0.2, -0.15) is 0 Å². The Morgan fingerprint density at radius 1 is 1.37 bits per heavy atom. The van der Waals surface area contributed by atoms with Crippen LogP contribution in [0.15, 0.2) is 24.3 Å². The molecule has 0 amide bonds. The third-order valence-electron chi connectivity index (χ3n) is 2.73. The molecule has 2 N–H and O–H groups in total. The first-order chi connectivity index (χ1) is 9.11. The summed E-state index contributed by atoms with van der Waals surface area (Å²) in [6, 6.07) is 3.27.